The van der Waals surface area contributed by atoms with Gasteiger partial charge in [-0.25, -0.2) is 8.42 Å². The maximum atomic E-state index is 12.5. The number of halogens is 1. The highest BCUT2D eigenvalue weighted by Gasteiger charge is 2.21. The second-order valence-corrected chi connectivity index (χ2v) is 9.28. The summed E-state index contributed by atoms with van der Waals surface area (Å²) in [6.07, 6.45) is 3.74. The number of hydrogen-bond donors (Lipinski definition) is 2. The molecule has 2 amide bonds. The lowest BCUT2D eigenvalue weighted by molar-refractivity contribution is -0.111. The molecule has 0 saturated carbocycles. The molecule has 0 aromatic heterocycles. The summed E-state index contributed by atoms with van der Waals surface area (Å²) in [6.45, 7) is 6.89. The van der Waals surface area contributed by atoms with Crippen LogP contribution in [0.1, 0.15) is 43.1 Å². The molecule has 32 heavy (non-hydrogen) atoms. The smallest absolute Gasteiger partial charge is 0.252 e. The van der Waals surface area contributed by atoms with Gasteiger partial charge in [-0.3, -0.25) is 9.59 Å². The molecule has 172 valence electrons. The Labute approximate surface area is 194 Å². The summed E-state index contributed by atoms with van der Waals surface area (Å²) in [5, 5.41) is 5.68. The molecule has 2 aromatic rings. The number of hydrogen-bond acceptors (Lipinski definition) is 4. The van der Waals surface area contributed by atoms with Gasteiger partial charge >= 0.3 is 0 Å². The van der Waals surface area contributed by atoms with Crippen LogP contribution >= 0.6 is 11.6 Å². The van der Waals surface area contributed by atoms with Crippen molar-refractivity contribution in [3.8, 4) is 0 Å². The van der Waals surface area contributed by atoms with Crippen molar-refractivity contribution in [3.63, 3.8) is 0 Å². The van der Waals surface area contributed by atoms with E-state index in [4.69, 9.17) is 11.6 Å². The summed E-state index contributed by atoms with van der Waals surface area (Å²) in [4.78, 5) is 24.5. The maximum absolute atomic E-state index is 12.5. The van der Waals surface area contributed by atoms with E-state index in [2.05, 4.69) is 10.6 Å². The van der Waals surface area contributed by atoms with Gasteiger partial charge in [0.2, 0.25) is 15.9 Å². The van der Waals surface area contributed by atoms with Gasteiger partial charge in [0.25, 0.3) is 5.91 Å². The van der Waals surface area contributed by atoms with Crippen LogP contribution in [0.2, 0.25) is 5.02 Å². The molecule has 7 nitrogen and oxygen atoms in total. The van der Waals surface area contributed by atoms with E-state index in [0.717, 1.165) is 6.42 Å². The molecule has 0 bridgehead atoms. The molecule has 0 aliphatic rings. The standard InChI is InChI=1S/C23H28ClN3O4S/c1-4-15-25-23(29)20-13-10-18(16-21(20)24)26-22(28)14-9-17-7-11-19(12-8-17)32(30,31)27(5-2)6-3/h7-14,16H,4-6,15H2,1-3H3,(H,25,29)(H,26,28)/b14-9+. The molecule has 2 N–H and O–H groups in total. The van der Waals surface area contributed by atoms with Crippen LogP contribution in [0.5, 0.6) is 0 Å². The highest BCUT2D eigenvalue weighted by Crippen LogP contribution is 2.21. The Morgan fingerprint density at radius 1 is 1.03 bits per heavy atom. The maximum Gasteiger partial charge on any atom is 0.252 e. The highest BCUT2D eigenvalue weighted by atomic mass is 35.5. The monoisotopic (exact) mass is 477 g/mol. The first-order chi connectivity index (χ1) is 15.2. The van der Waals surface area contributed by atoms with Crippen LogP contribution < -0.4 is 10.6 Å². The van der Waals surface area contributed by atoms with Crippen molar-refractivity contribution >= 4 is 45.2 Å². The largest absolute Gasteiger partial charge is 0.352 e. The van der Waals surface area contributed by atoms with E-state index in [-0.39, 0.29) is 21.7 Å². The lowest BCUT2D eigenvalue weighted by Gasteiger charge is -2.18. The van der Waals surface area contributed by atoms with E-state index in [0.29, 0.717) is 36.4 Å². The average Bonchev–Trinajstić information content (AvgIpc) is 2.77. The molecule has 9 heteroatoms. The molecule has 2 aromatic carbocycles. The molecule has 0 unspecified atom stereocenters. The van der Waals surface area contributed by atoms with Gasteiger partial charge < -0.3 is 10.6 Å². The predicted molar refractivity (Wildman–Crippen MR) is 128 cm³/mol. The first-order valence-electron chi connectivity index (χ1n) is 10.4. The molecular weight excluding hydrogens is 450 g/mol. The lowest BCUT2D eigenvalue weighted by atomic mass is 10.2. The third-order valence-corrected chi connectivity index (χ3v) is 7.04. The first-order valence-corrected chi connectivity index (χ1v) is 12.2. The van der Waals surface area contributed by atoms with E-state index in [9.17, 15) is 18.0 Å². The van der Waals surface area contributed by atoms with Crippen LogP contribution in [0.25, 0.3) is 6.08 Å². The van der Waals surface area contributed by atoms with E-state index in [1.807, 2.05) is 6.92 Å². The molecule has 0 aliphatic carbocycles. The average molecular weight is 478 g/mol. The Morgan fingerprint density at radius 2 is 1.69 bits per heavy atom. The normalized spacial score (nSPS) is 11.7. The number of anilines is 1. The van der Waals surface area contributed by atoms with E-state index in [1.54, 1.807) is 44.2 Å². The van der Waals surface area contributed by atoms with Gasteiger partial charge in [-0.15, -0.1) is 0 Å². The third-order valence-electron chi connectivity index (χ3n) is 4.67. The molecular formula is C23H28ClN3O4S. The number of rotatable bonds is 10. The fourth-order valence-electron chi connectivity index (χ4n) is 2.93. The third kappa shape index (κ3) is 6.66. The number of carbonyl (C=O) groups excluding carboxylic acids is 2. The van der Waals surface area contributed by atoms with Crippen molar-refractivity contribution in [2.45, 2.75) is 32.1 Å². The predicted octanol–water partition coefficient (Wildman–Crippen LogP) is 4.16. The molecule has 0 radical (unpaired) electrons. The number of nitrogens with zero attached hydrogens (tertiary/aromatic N) is 1. The van der Waals surface area contributed by atoms with Crippen LogP contribution in [-0.2, 0) is 14.8 Å². The van der Waals surface area contributed by atoms with Gasteiger partial charge in [-0.1, -0.05) is 44.5 Å². The van der Waals surface area contributed by atoms with Crippen LogP contribution in [0.3, 0.4) is 0 Å². The number of benzene rings is 2. The fraction of sp³-hybridized carbons (Fsp3) is 0.304. The van der Waals surface area contributed by atoms with Crippen molar-refractivity contribution in [3.05, 3.63) is 64.7 Å². The van der Waals surface area contributed by atoms with Crippen molar-refractivity contribution in [2.75, 3.05) is 25.0 Å². The molecule has 2 rings (SSSR count). The zero-order valence-corrected chi connectivity index (χ0v) is 20.0. The van der Waals surface area contributed by atoms with Gasteiger partial charge in [0.1, 0.15) is 0 Å². The molecule has 0 saturated heterocycles. The highest BCUT2D eigenvalue weighted by molar-refractivity contribution is 7.89. The van der Waals surface area contributed by atoms with Gasteiger partial charge in [0, 0.05) is 31.4 Å². The molecule has 0 heterocycles. The topological polar surface area (TPSA) is 95.6 Å². The van der Waals surface area contributed by atoms with Crippen LogP contribution in [0.15, 0.2) is 53.4 Å². The van der Waals surface area contributed by atoms with E-state index < -0.39 is 10.0 Å². The van der Waals surface area contributed by atoms with Crippen molar-refractivity contribution < 1.29 is 18.0 Å². The van der Waals surface area contributed by atoms with Crippen LogP contribution in [-0.4, -0.2) is 44.2 Å². The van der Waals surface area contributed by atoms with E-state index in [1.165, 1.54) is 28.6 Å². The summed E-state index contributed by atoms with van der Waals surface area (Å²) in [7, 11) is -3.52. The summed E-state index contributed by atoms with van der Waals surface area (Å²) < 4.78 is 26.4. The number of nitrogens with one attached hydrogen (secondary N) is 2. The Morgan fingerprint density at radius 3 is 2.25 bits per heavy atom. The number of sulfonamides is 1. The Bertz CT molecular complexity index is 1080. The Balaban J connectivity index is 2.03. The van der Waals surface area contributed by atoms with Gasteiger partial charge in [0.15, 0.2) is 0 Å². The van der Waals surface area contributed by atoms with Gasteiger partial charge in [-0.2, -0.15) is 4.31 Å². The summed E-state index contributed by atoms with van der Waals surface area (Å²) in [6, 6.07) is 11.0. The number of amides is 2. The fourth-order valence-corrected chi connectivity index (χ4v) is 4.65. The minimum absolute atomic E-state index is 0.209. The minimum Gasteiger partial charge on any atom is -0.352 e. The van der Waals surface area contributed by atoms with Crippen molar-refractivity contribution in [2.24, 2.45) is 0 Å². The SMILES string of the molecule is CCCNC(=O)c1ccc(NC(=O)/C=C/c2ccc(S(=O)(=O)N(CC)CC)cc2)cc1Cl. The zero-order valence-electron chi connectivity index (χ0n) is 18.4. The molecule has 0 aliphatic heterocycles. The van der Waals surface area contributed by atoms with Crippen LogP contribution in [0, 0.1) is 0 Å². The first kappa shape index (κ1) is 25.6. The minimum atomic E-state index is -3.52. The van der Waals surface area contributed by atoms with Gasteiger partial charge in [0.05, 0.1) is 15.5 Å². The van der Waals surface area contributed by atoms with Gasteiger partial charge in [-0.05, 0) is 48.4 Å². The Hall–Kier alpha value is -2.68. The second kappa shape index (κ2) is 11.8. The Kier molecular flexibility index (Phi) is 9.43. The molecule has 0 spiro atoms. The van der Waals surface area contributed by atoms with Crippen LogP contribution in [0.4, 0.5) is 5.69 Å². The molecule has 0 atom stereocenters. The summed E-state index contributed by atoms with van der Waals surface area (Å²) in [5.41, 5.74) is 1.48. The summed E-state index contributed by atoms with van der Waals surface area (Å²) >= 11 is 6.17. The quantitative estimate of drug-likeness (QED) is 0.502. The lowest BCUT2D eigenvalue weighted by Crippen LogP contribution is -2.30. The number of carbonyl (C=O) groups is 2. The molecule has 0 fully saturated rings. The summed E-state index contributed by atoms with van der Waals surface area (Å²) in [5.74, 6) is -0.648. The van der Waals surface area contributed by atoms with E-state index >= 15 is 0 Å². The van der Waals surface area contributed by atoms with Crippen molar-refractivity contribution in [1.29, 1.82) is 0 Å². The van der Waals surface area contributed by atoms with Crippen molar-refractivity contribution in [1.82, 2.24) is 9.62 Å². The zero-order chi connectivity index (χ0) is 23.7. The second-order valence-electron chi connectivity index (χ2n) is 6.93.